The molecule has 2 aliphatic rings. The molecule has 7 heteroatoms. The number of carbonyl (C=O) groups excluding carboxylic acids is 2. The molecule has 2 aromatic carbocycles. The molecule has 174 valence electrons. The van der Waals surface area contributed by atoms with Crippen LogP contribution in [0, 0.1) is 17.8 Å². The van der Waals surface area contributed by atoms with Crippen molar-refractivity contribution in [3.05, 3.63) is 59.7 Å². The number of ether oxygens (including phenoxy) is 1. The fourth-order valence-electron chi connectivity index (χ4n) is 4.77. The Kier molecular flexibility index (Phi) is 6.67. The molecular formula is C26H30N2O5. The zero-order chi connectivity index (χ0) is 23.5. The molecule has 0 saturated carbocycles. The van der Waals surface area contributed by atoms with Gasteiger partial charge < -0.3 is 20.1 Å². The highest BCUT2D eigenvalue weighted by Crippen LogP contribution is 2.44. The number of nitrogens with one attached hydrogen (secondary N) is 1. The molecule has 0 aromatic heterocycles. The molecule has 1 unspecified atom stereocenters. The van der Waals surface area contributed by atoms with E-state index in [-0.39, 0.29) is 44.0 Å². The number of benzene rings is 2. The number of nitrogens with zero attached hydrogens (tertiary/aromatic N) is 1. The van der Waals surface area contributed by atoms with Gasteiger partial charge in [-0.15, -0.1) is 0 Å². The number of aliphatic carboxylic acids is 1. The van der Waals surface area contributed by atoms with Crippen LogP contribution in [0.2, 0.25) is 0 Å². The Hall–Kier alpha value is -3.35. The molecule has 4 rings (SSSR count). The number of alkyl carbamates (subject to hydrolysis) is 1. The molecule has 1 aliphatic heterocycles. The molecule has 1 aliphatic carbocycles. The summed E-state index contributed by atoms with van der Waals surface area (Å²) in [5.41, 5.74) is 4.62. The number of carbonyl (C=O) groups is 3. The third-order valence-corrected chi connectivity index (χ3v) is 6.48. The highest BCUT2D eigenvalue weighted by molar-refractivity contribution is 5.83. The first-order valence-electron chi connectivity index (χ1n) is 11.5. The maximum absolute atomic E-state index is 12.8. The minimum absolute atomic E-state index is 0.0229. The van der Waals surface area contributed by atoms with Crippen molar-refractivity contribution < 1.29 is 24.2 Å². The number of hydrogen-bond donors (Lipinski definition) is 2. The standard InChI is InChI=1S/C26H30N2O5/c1-16(2)11-17(24(29)28-13-18(14-28)25(30)31)12-27-26(32)33-15-23-21-9-5-3-7-19(21)20-8-4-6-10-22(20)23/h3-10,16-18,23H,11-15H2,1-2H3,(H,27,32)(H,30,31). The monoisotopic (exact) mass is 450 g/mol. The van der Waals surface area contributed by atoms with Gasteiger partial charge in [0.05, 0.1) is 11.8 Å². The normalized spacial score (nSPS) is 16.0. The van der Waals surface area contributed by atoms with E-state index in [9.17, 15) is 14.4 Å². The third kappa shape index (κ3) is 4.87. The van der Waals surface area contributed by atoms with E-state index in [0.717, 1.165) is 11.1 Å². The lowest BCUT2D eigenvalue weighted by molar-refractivity contribution is -0.154. The highest BCUT2D eigenvalue weighted by atomic mass is 16.5. The summed E-state index contributed by atoms with van der Waals surface area (Å²) < 4.78 is 5.57. The first kappa shape index (κ1) is 22.8. The minimum atomic E-state index is -0.878. The van der Waals surface area contributed by atoms with Crippen LogP contribution in [-0.2, 0) is 14.3 Å². The van der Waals surface area contributed by atoms with Gasteiger partial charge >= 0.3 is 12.1 Å². The average Bonchev–Trinajstić information content (AvgIpc) is 3.07. The van der Waals surface area contributed by atoms with Crippen LogP contribution < -0.4 is 5.32 Å². The van der Waals surface area contributed by atoms with Crippen molar-refractivity contribution in [3.63, 3.8) is 0 Å². The zero-order valence-electron chi connectivity index (χ0n) is 19.0. The molecule has 1 fully saturated rings. The van der Waals surface area contributed by atoms with Crippen LogP contribution in [0.3, 0.4) is 0 Å². The van der Waals surface area contributed by atoms with Crippen molar-refractivity contribution in [2.75, 3.05) is 26.2 Å². The van der Waals surface area contributed by atoms with Crippen LogP contribution in [0.4, 0.5) is 4.79 Å². The number of carboxylic acids is 1. The maximum Gasteiger partial charge on any atom is 0.407 e. The SMILES string of the molecule is CC(C)CC(CNC(=O)OCC1c2ccccc2-c2ccccc21)C(=O)N1CC(C(=O)O)C1. The number of likely N-dealkylation sites (tertiary alicyclic amines) is 1. The second-order valence-electron chi connectivity index (χ2n) is 9.31. The summed E-state index contributed by atoms with van der Waals surface area (Å²) in [6.45, 7) is 4.88. The van der Waals surface area contributed by atoms with Crippen molar-refractivity contribution in [1.82, 2.24) is 10.2 Å². The topological polar surface area (TPSA) is 95.9 Å². The van der Waals surface area contributed by atoms with Crippen LogP contribution in [0.1, 0.15) is 37.3 Å². The first-order valence-corrected chi connectivity index (χ1v) is 11.5. The Balaban J connectivity index is 1.33. The fourth-order valence-corrected chi connectivity index (χ4v) is 4.77. The van der Waals surface area contributed by atoms with E-state index < -0.39 is 23.9 Å². The number of fused-ring (bicyclic) bond motifs is 3. The number of hydrogen-bond acceptors (Lipinski definition) is 4. The number of rotatable bonds is 8. The summed E-state index contributed by atoms with van der Waals surface area (Å²) >= 11 is 0. The van der Waals surface area contributed by atoms with Crippen LogP contribution in [0.15, 0.2) is 48.5 Å². The molecule has 0 bridgehead atoms. The predicted molar refractivity (Wildman–Crippen MR) is 124 cm³/mol. The van der Waals surface area contributed by atoms with E-state index >= 15 is 0 Å². The van der Waals surface area contributed by atoms with Crippen molar-refractivity contribution in [3.8, 4) is 11.1 Å². The Morgan fingerprint density at radius 2 is 1.61 bits per heavy atom. The lowest BCUT2D eigenvalue weighted by Crippen LogP contribution is -2.56. The summed E-state index contributed by atoms with van der Waals surface area (Å²) in [6, 6.07) is 16.3. The number of amides is 2. The summed E-state index contributed by atoms with van der Waals surface area (Å²) in [5.74, 6) is -1.65. The van der Waals surface area contributed by atoms with Crippen molar-refractivity contribution in [2.45, 2.75) is 26.2 Å². The largest absolute Gasteiger partial charge is 0.481 e. The van der Waals surface area contributed by atoms with E-state index in [1.54, 1.807) is 4.90 Å². The Bertz CT molecular complexity index is 999. The van der Waals surface area contributed by atoms with Gasteiger partial charge in [0, 0.05) is 25.6 Å². The molecular weight excluding hydrogens is 420 g/mol. The highest BCUT2D eigenvalue weighted by Gasteiger charge is 2.38. The maximum atomic E-state index is 12.8. The second-order valence-corrected chi connectivity index (χ2v) is 9.31. The molecule has 2 aromatic rings. The summed E-state index contributed by atoms with van der Waals surface area (Å²) in [5, 5.41) is 11.8. The summed E-state index contributed by atoms with van der Waals surface area (Å²) in [4.78, 5) is 37.9. The molecule has 1 heterocycles. The lowest BCUT2D eigenvalue weighted by Gasteiger charge is -2.39. The lowest BCUT2D eigenvalue weighted by atomic mass is 9.92. The molecule has 7 nitrogen and oxygen atoms in total. The zero-order valence-corrected chi connectivity index (χ0v) is 19.0. The minimum Gasteiger partial charge on any atom is -0.481 e. The van der Waals surface area contributed by atoms with Crippen LogP contribution in [0.25, 0.3) is 11.1 Å². The van der Waals surface area contributed by atoms with Gasteiger partial charge in [0.25, 0.3) is 0 Å². The Labute approximate surface area is 193 Å². The molecule has 1 saturated heterocycles. The Morgan fingerprint density at radius 1 is 1.03 bits per heavy atom. The second kappa shape index (κ2) is 9.65. The fraction of sp³-hybridized carbons (Fsp3) is 0.423. The van der Waals surface area contributed by atoms with Crippen molar-refractivity contribution >= 4 is 18.0 Å². The smallest absolute Gasteiger partial charge is 0.407 e. The van der Waals surface area contributed by atoms with Gasteiger partial charge in [0.2, 0.25) is 5.91 Å². The van der Waals surface area contributed by atoms with Crippen molar-refractivity contribution in [2.24, 2.45) is 17.8 Å². The van der Waals surface area contributed by atoms with Crippen LogP contribution in [0.5, 0.6) is 0 Å². The van der Waals surface area contributed by atoms with Gasteiger partial charge in [-0.05, 0) is 34.6 Å². The first-order chi connectivity index (χ1) is 15.8. The van der Waals surface area contributed by atoms with Crippen LogP contribution >= 0.6 is 0 Å². The van der Waals surface area contributed by atoms with Gasteiger partial charge in [-0.3, -0.25) is 9.59 Å². The third-order valence-electron chi connectivity index (χ3n) is 6.48. The van der Waals surface area contributed by atoms with E-state index in [1.807, 2.05) is 38.1 Å². The molecule has 1 atom stereocenters. The Morgan fingerprint density at radius 3 is 2.15 bits per heavy atom. The van der Waals surface area contributed by atoms with E-state index in [2.05, 4.69) is 29.6 Å². The summed E-state index contributed by atoms with van der Waals surface area (Å²) in [6.07, 6.45) is 0.0573. The van der Waals surface area contributed by atoms with Gasteiger partial charge in [-0.2, -0.15) is 0 Å². The quantitative estimate of drug-likeness (QED) is 0.639. The molecule has 0 spiro atoms. The van der Waals surface area contributed by atoms with Gasteiger partial charge in [0.15, 0.2) is 0 Å². The van der Waals surface area contributed by atoms with Gasteiger partial charge in [0.1, 0.15) is 6.61 Å². The molecule has 2 amide bonds. The molecule has 33 heavy (non-hydrogen) atoms. The van der Waals surface area contributed by atoms with E-state index in [1.165, 1.54) is 11.1 Å². The summed E-state index contributed by atoms with van der Waals surface area (Å²) in [7, 11) is 0. The average molecular weight is 451 g/mol. The van der Waals surface area contributed by atoms with Crippen molar-refractivity contribution in [1.29, 1.82) is 0 Å². The number of carboxylic acid groups (broad SMARTS) is 1. The predicted octanol–water partition coefficient (Wildman–Crippen LogP) is 3.73. The van der Waals surface area contributed by atoms with Gasteiger partial charge in [-0.25, -0.2) is 4.79 Å². The molecule has 2 N–H and O–H groups in total. The molecule has 0 radical (unpaired) electrons. The van der Waals surface area contributed by atoms with E-state index in [4.69, 9.17) is 9.84 Å². The van der Waals surface area contributed by atoms with E-state index in [0.29, 0.717) is 6.42 Å². The van der Waals surface area contributed by atoms with Gasteiger partial charge in [-0.1, -0.05) is 62.4 Å². The van der Waals surface area contributed by atoms with Crippen LogP contribution in [-0.4, -0.2) is 54.2 Å².